The number of rotatable bonds is 7. The first-order valence-electron chi connectivity index (χ1n) is 7.57. The number of esters is 1. The average molecular weight is 424 g/mol. The van der Waals surface area contributed by atoms with Gasteiger partial charge in [0, 0.05) is 4.47 Å². The molecule has 0 spiro atoms. The van der Waals surface area contributed by atoms with Crippen LogP contribution < -0.4 is 4.31 Å². The molecule has 0 aromatic heterocycles. The van der Waals surface area contributed by atoms with Gasteiger partial charge in [-0.25, -0.2) is 13.2 Å². The number of ether oxygens (including phenoxy) is 1. The smallest absolute Gasteiger partial charge is 0.340 e. The van der Waals surface area contributed by atoms with Crippen LogP contribution in [0.2, 0.25) is 0 Å². The van der Waals surface area contributed by atoms with Crippen molar-refractivity contribution in [2.75, 3.05) is 17.5 Å². The molecule has 2 aromatic carbocycles. The van der Waals surface area contributed by atoms with E-state index < -0.39 is 16.0 Å². The minimum atomic E-state index is -3.87. The fourth-order valence-electron chi connectivity index (χ4n) is 2.25. The number of sulfonamides is 1. The van der Waals surface area contributed by atoms with Gasteiger partial charge in [0.15, 0.2) is 0 Å². The molecule has 0 unspecified atom stereocenters. The van der Waals surface area contributed by atoms with Crippen molar-refractivity contribution in [1.29, 1.82) is 0 Å². The van der Waals surface area contributed by atoms with Crippen molar-refractivity contribution in [3.05, 3.63) is 71.2 Å². The summed E-state index contributed by atoms with van der Waals surface area (Å²) < 4.78 is 33.1. The molecule has 0 amide bonds. The second-order valence-electron chi connectivity index (χ2n) is 5.02. The van der Waals surface area contributed by atoms with Gasteiger partial charge in [0.1, 0.15) is 0 Å². The number of hydrogen-bond donors (Lipinski definition) is 0. The minimum absolute atomic E-state index is 0.0226. The van der Waals surface area contributed by atoms with E-state index in [4.69, 9.17) is 4.74 Å². The molecule has 5 nitrogen and oxygen atoms in total. The van der Waals surface area contributed by atoms with Crippen LogP contribution >= 0.6 is 15.9 Å². The van der Waals surface area contributed by atoms with Crippen molar-refractivity contribution in [2.24, 2.45) is 0 Å². The van der Waals surface area contributed by atoms with Crippen molar-refractivity contribution >= 4 is 37.6 Å². The normalized spacial score (nSPS) is 11.0. The van der Waals surface area contributed by atoms with Crippen LogP contribution in [-0.2, 0) is 14.8 Å². The van der Waals surface area contributed by atoms with E-state index in [0.717, 1.165) is 8.78 Å². The highest BCUT2D eigenvalue weighted by molar-refractivity contribution is 9.10. The topological polar surface area (TPSA) is 63.7 Å². The van der Waals surface area contributed by atoms with Crippen LogP contribution in [0.1, 0.15) is 17.3 Å². The zero-order chi connectivity index (χ0) is 18.4. The van der Waals surface area contributed by atoms with E-state index in [0.29, 0.717) is 0 Å². The lowest BCUT2D eigenvalue weighted by Gasteiger charge is -2.25. The number of carbonyl (C=O) groups is 1. The molecule has 0 heterocycles. The van der Waals surface area contributed by atoms with Gasteiger partial charge < -0.3 is 4.74 Å². The van der Waals surface area contributed by atoms with Crippen LogP contribution in [-0.4, -0.2) is 27.5 Å². The molecule has 0 saturated heterocycles. The molecule has 132 valence electrons. The molecule has 0 N–H and O–H groups in total. The first kappa shape index (κ1) is 19.2. The standard InChI is InChI=1S/C18H18BrNO4S/c1-3-13-20(25(22,23)15-11-9-14(19)10-12-15)17-8-6-5-7-16(17)18(21)24-4-2/h3,5-12H,1,4,13H2,2H3. The zero-order valence-corrected chi connectivity index (χ0v) is 16.1. The predicted octanol–water partition coefficient (Wildman–Crippen LogP) is 4.01. The Morgan fingerprint density at radius 2 is 1.84 bits per heavy atom. The maximum Gasteiger partial charge on any atom is 0.340 e. The van der Waals surface area contributed by atoms with E-state index in [2.05, 4.69) is 22.5 Å². The number of hydrogen-bond acceptors (Lipinski definition) is 4. The Bertz CT molecular complexity index is 863. The first-order valence-corrected chi connectivity index (χ1v) is 9.80. The number of carbonyl (C=O) groups excluding carboxylic acids is 1. The van der Waals surface area contributed by atoms with Crippen molar-refractivity contribution < 1.29 is 17.9 Å². The molecule has 2 rings (SSSR count). The Morgan fingerprint density at radius 1 is 1.20 bits per heavy atom. The Labute approximate surface area is 156 Å². The molecule has 0 aliphatic heterocycles. The second-order valence-corrected chi connectivity index (χ2v) is 7.79. The quantitative estimate of drug-likeness (QED) is 0.498. The van der Waals surface area contributed by atoms with Crippen molar-refractivity contribution in [2.45, 2.75) is 11.8 Å². The lowest BCUT2D eigenvalue weighted by molar-refractivity contribution is 0.0527. The summed E-state index contributed by atoms with van der Waals surface area (Å²) >= 11 is 3.29. The summed E-state index contributed by atoms with van der Waals surface area (Å²) in [5, 5.41) is 0. The molecule has 0 radical (unpaired) electrons. The number of benzene rings is 2. The van der Waals surface area contributed by atoms with Crippen LogP contribution in [0.25, 0.3) is 0 Å². The summed E-state index contributed by atoms with van der Waals surface area (Å²) in [6.07, 6.45) is 1.47. The van der Waals surface area contributed by atoms with Crippen LogP contribution in [0.3, 0.4) is 0 Å². The molecular weight excluding hydrogens is 406 g/mol. The van der Waals surface area contributed by atoms with Crippen LogP contribution in [0.5, 0.6) is 0 Å². The van der Waals surface area contributed by atoms with Gasteiger partial charge >= 0.3 is 5.97 Å². The van der Waals surface area contributed by atoms with E-state index in [-0.39, 0.29) is 29.3 Å². The first-order chi connectivity index (χ1) is 11.9. The Morgan fingerprint density at radius 3 is 2.44 bits per heavy atom. The zero-order valence-electron chi connectivity index (χ0n) is 13.7. The van der Waals surface area contributed by atoms with Gasteiger partial charge in [-0.15, -0.1) is 6.58 Å². The van der Waals surface area contributed by atoms with E-state index >= 15 is 0 Å². The van der Waals surface area contributed by atoms with Gasteiger partial charge in [-0.3, -0.25) is 4.31 Å². The molecular formula is C18H18BrNO4S. The highest BCUT2D eigenvalue weighted by Crippen LogP contribution is 2.28. The third-order valence-electron chi connectivity index (χ3n) is 3.36. The molecule has 0 saturated carbocycles. The van der Waals surface area contributed by atoms with Gasteiger partial charge in [0.2, 0.25) is 0 Å². The molecule has 0 fully saturated rings. The second kappa shape index (κ2) is 8.31. The largest absolute Gasteiger partial charge is 0.462 e. The van der Waals surface area contributed by atoms with E-state index in [1.807, 2.05) is 0 Å². The molecule has 0 aliphatic carbocycles. The summed E-state index contributed by atoms with van der Waals surface area (Å²) in [4.78, 5) is 12.3. The molecule has 0 bridgehead atoms. The van der Waals surface area contributed by atoms with Gasteiger partial charge in [-0.05, 0) is 43.3 Å². The highest BCUT2D eigenvalue weighted by atomic mass is 79.9. The van der Waals surface area contributed by atoms with Gasteiger partial charge in [-0.1, -0.05) is 34.1 Å². The Hall–Kier alpha value is -2.12. The van der Waals surface area contributed by atoms with Gasteiger partial charge in [0.25, 0.3) is 10.0 Å². The summed E-state index contributed by atoms with van der Waals surface area (Å²) in [6.45, 7) is 5.55. The van der Waals surface area contributed by atoms with Crippen molar-refractivity contribution in [3.8, 4) is 0 Å². The molecule has 7 heteroatoms. The number of halogens is 1. The van der Waals surface area contributed by atoms with E-state index in [1.54, 1.807) is 43.3 Å². The average Bonchev–Trinajstić information content (AvgIpc) is 2.60. The maximum atomic E-state index is 13.1. The fraction of sp³-hybridized carbons (Fsp3) is 0.167. The Kier molecular flexibility index (Phi) is 6.39. The predicted molar refractivity (Wildman–Crippen MR) is 101 cm³/mol. The van der Waals surface area contributed by atoms with Crippen LogP contribution in [0.4, 0.5) is 5.69 Å². The molecule has 0 aliphatic rings. The minimum Gasteiger partial charge on any atom is -0.462 e. The van der Waals surface area contributed by atoms with E-state index in [9.17, 15) is 13.2 Å². The summed E-state index contributed by atoms with van der Waals surface area (Å²) in [7, 11) is -3.87. The molecule has 0 atom stereocenters. The van der Waals surface area contributed by atoms with Crippen molar-refractivity contribution in [3.63, 3.8) is 0 Å². The van der Waals surface area contributed by atoms with Crippen LogP contribution in [0, 0.1) is 0 Å². The number of anilines is 1. The fourth-order valence-corrected chi connectivity index (χ4v) is 3.97. The summed E-state index contributed by atoms with van der Waals surface area (Å²) in [6, 6.07) is 12.8. The number of nitrogens with zero attached hydrogens (tertiary/aromatic N) is 1. The number of para-hydroxylation sites is 1. The lowest BCUT2D eigenvalue weighted by Crippen LogP contribution is -2.32. The molecule has 25 heavy (non-hydrogen) atoms. The monoisotopic (exact) mass is 423 g/mol. The third-order valence-corrected chi connectivity index (χ3v) is 5.69. The van der Waals surface area contributed by atoms with Crippen molar-refractivity contribution in [1.82, 2.24) is 0 Å². The highest BCUT2D eigenvalue weighted by Gasteiger charge is 2.27. The summed E-state index contributed by atoms with van der Waals surface area (Å²) in [5.74, 6) is -0.571. The van der Waals surface area contributed by atoms with Gasteiger partial charge in [-0.2, -0.15) is 0 Å². The Balaban J connectivity index is 2.57. The van der Waals surface area contributed by atoms with Crippen LogP contribution in [0.15, 0.2) is 70.6 Å². The SMILES string of the molecule is C=CCN(c1ccccc1C(=O)OCC)S(=O)(=O)c1ccc(Br)cc1. The maximum absolute atomic E-state index is 13.1. The lowest BCUT2D eigenvalue weighted by atomic mass is 10.2. The van der Waals surface area contributed by atoms with Gasteiger partial charge in [0.05, 0.1) is 29.3 Å². The third kappa shape index (κ3) is 4.29. The molecule has 2 aromatic rings. The van der Waals surface area contributed by atoms with E-state index in [1.165, 1.54) is 18.2 Å². The summed E-state index contributed by atoms with van der Waals surface area (Å²) in [5.41, 5.74) is 0.440.